The molecular weight excluding hydrogens is 180 g/mol. The van der Waals surface area contributed by atoms with Crippen molar-refractivity contribution in [1.29, 1.82) is 0 Å². The number of fused-ring (bicyclic) bond motifs is 1. The molecule has 13 heavy (non-hydrogen) atoms. The zero-order valence-electron chi connectivity index (χ0n) is 7.58. The minimum atomic E-state index is 0.665. The lowest BCUT2D eigenvalue weighted by molar-refractivity contribution is 0.931. The summed E-state index contributed by atoms with van der Waals surface area (Å²) in [5, 5.41) is 0.665. The highest BCUT2D eigenvalue weighted by molar-refractivity contribution is 7.22. The fraction of sp³-hybridized carbons (Fsp3) is 0.300. The highest BCUT2D eigenvalue weighted by atomic mass is 32.1. The van der Waals surface area contributed by atoms with Crippen LogP contribution in [0, 0.1) is 0 Å². The lowest BCUT2D eigenvalue weighted by Gasteiger charge is -1.97. The van der Waals surface area contributed by atoms with Gasteiger partial charge in [-0.25, -0.2) is 4.98 Å². The van der Waals surface area contributed by atoms with Crippen molar-refractivity contribution in [3.8, 4) is 0 Å². The molecule has 0 atom stereocenters. The van der Waals surface area contributed by atoms with Crippen LogP contribution in [0.1, 0.15) is 18.9 Å². The number of benzene rings is 1. The molecule has 0 aliphatic rings. The molecule has 0 aliphatic carbocycles. The Hall–Kier alpha value is -1.09. The summed E-state index contributed by atoms with van der Waals surface area (Å²) >= 11 is 1.59. The van der Waals surface area contributed by atoms with E-state index in [1.54, 1.807) is 11.3 Å². The number of aryl methyl sites for hydroxylation is 1. The number of rotatable bonds is 2. The van der Waals surface area contributed by atoms with Gasteiger partial charge in [-0.2, -0.15) is 0 Å². The summed E-state index contributed by atoms with van der Waals surface area (Å²) in [6.45, 7) is 2.18. The minimum absolute atomic E-state index is 0.665. The molecule has 0 amide bonds. The third-order valence-electron chi connectivity index (χ3n) is 2.03. The lowest BCUT2D eigenvalue weighted by atomic mass is 10.1. The molecule has 0 bridgehead atoms. The SMILES string of the molecule is CCCc1cccc2nc(N)sc12. The van der Waals surface area contributed by atoms with Crippen LogP contribution in [-0.2, 0) is 6.42 Å². The summed E-state index contributed by atoms with van der Waals surface area (Å²) < 4.78 is 1.25. The summed E-state index contributed by atoms with van der Waals surface area (Å²) in [5.74, 6) is 0. The molecule has 0 unspecified atom stereocenters. The Morgan fingerprint density at radius 2 is 2.31 bits per heavy atom. The van der Waals surface area contributed by atoms with Crippen molar-refractivity contribution < 1.29 is 0 Å². The lowest BCUT2D eigenvalue weighted by Crippen LogP contribution is -1.82. The van der Waals surface area contributed by atoms with Crippen LogP contribution in [0.2, 0.25) is 0 Å². The average molecular weight is 192 g/mol. The fourth-order valence-electron chi connectivity index (χ4n) is 1.49. The van der Waals surface area contributed by atoms with E-state index in [2.05, 4.69) is 18.0 Å². The second kappa shape index (κ2) is 3.34. The number of thiazole rings is 1. The van der Waals surface area contributed by atoms with Crippen LogP contribution in [-0.4, -0.2) is 4.98 Å². The molecule has 2 aromatic rings. The standard InChI is InChI=1S/C10H12N2S/c1-2-4-7-5-3-6-8-9(7)13-10(11)12-8/h3,5-6H,2,4H2,1H3,(H2,11,12). The summed E-state index contributed by atoms with van der Waals surface area (Å²) in [5.41, 5.74) is 8.07. The smallest absolute Gasteiger partial charge is 0.181 e. The topological polar surface area (TPSA) is 38.9 Å². The number of nitrogens with zero attached hydrogens (tertiary/aromatic N) is 1. The normalized spacial score (nSPS) is 10.8. The van der Waals surface area contributed by atoms with E-state index in [4.69, 9.17) is 5.73 Å². The highest BCUT2D eigenvalue weighted by Crippen LogP contribution is 2.27. The molecule has 1 heterocycles. The van der Waals surface area contributed by atoms with Gasteiger partial charge in [-0.1, -0.05) is 36.8 Å². The Labute approximate surface area is 81.4 Å². The first-order valence-corrected chi connectivity index (χ1v) is 5.27. The monoisotopic (exact) mass is 192 g/mol. The Morgan fingerprint density at radius 3 is 3.08 bits per heavy atom. The van der Waals surface area contributed by atoms with Crippen LogP contribution in [0.3, 0.4) is 0 Å². The van der Waals surface area contributed by atoms with Crippen molar-refractivity contribution in [2.45, 2.75) is 19.8 Å². The van der Waals surface area contributed by atoms with Crippen molar-refractivity contribution in [3.05, 3.63) is 23.8 Å². The van der Waals surface area contributed by atoms with Gasteiger partial charge in [-0.05, 0) is 18.1 Å². The average Bonchev–Trinajstić information content (AvgIpc) is 2.47. The molecule has 0 fully saturated rings. The van der Waals surface area contributed by atoms with Gasteiger partial charge >= 0.3 is 0 Å². The van der Waals surface area contributed by atoms with Crippen LogP contribution in [0.25, 0.3) is 10.2 Å². The van der Waals surface area contributed by atoms with Crippen LogP contribution < -0.4 is 5.73 Å². The van der Waals surface area contributed by atoms with Crippen molar-refractivity contribution in [2.75, 3.05) is 5.73 Å². The molecule has 2 rings (SSSR count). The molecule has 1 aromatic heterocycles. The second-order valence-electron chi connectivity index (χ2n) is 3.07. The molecule has 68 valence electrons. The van der Waals surface area contributed by atoms with Gasteiger partial charge in [0.1, 0.15) is 0 Å². The number of nitrogen functional groups attached to an aromatic ring is 1. The molecule has 0 saturated heterocycles. The predicted octanol–water partition coefficient (Wildman–Crippen LogP) is 2.83. The maximum Gasteiger partial charge on any atom is 0.181 e. The van der Waals surface area contributed by atoms with E-state index in [1.807, 2.05) is 12.1 Å². The Balaban J connectivity index is 2.60. The van der Waals surface area contributed by atoms with Gasteiger partial charge in [0, 0.05) is 0 Å². The van der Waals surface area contributed by atoms with Crippen LogP contribution in [0.15, 0.2) is 18.2 Å². The maximum absolute atomic E-state index is 5.66. The zero-order valence-corrected chi connectivity index (χ0v) is 8.40. The van der Waals surface area contributed by atoms with E-state index in [1.165, 1.54) is 10.3 Å². The number of hydrogen-bond acceptors (Lipinski definition) is 3. The molecule has 3 heteroatoms. The first kappa shape index (κ1) is 8.51. The van der Waals surface area contributed by atoms with E-state index in [0.29, 0.717) is 5.13 Å². The fourth-order valence-corrected chi connectivity index (χ4v) is 2.36. The summed E-state index contributed by atoms with van der Waals surface area (Å²) in [6.07, 6.45) is 2.27. The van der Waals surface area contributed by atoms with E-state index in [-0.39, 0.29) is 0 Å². The number of nitrogens with two attached hydrogens (primary N) is 1. The largest absolute Gasteiger partial charge is 0.375 e. The van der Waals surface area contributed by atoms with Gasteiger partial charge in [0.05, 0.1) is 10.2 Å². The van der Waals surface area contributed by atoms with Gasteiger partial charge in [0.15, 0.2) is 5.13 Å². The van der Waals surface area contributed by atoms with Crippen LogP contribution in [0.5, 0.6) is 0 Å². The summed E-state index contributed by atoms with van der Waals surface area (Å²) in [7, 11) is 0. The van der Waals surface area contributed by atoms with Crippen molar-refractivity contribution in [2.24, 2.45) is 0 Å². The number of hydrogen-bond donors (Lipinski definition) is 1. The molecule has 2 nitrogen and oxygen atoms in total. The van der Waals surface area contributed by atoms with Crippen LogP contribution in [0.4, 0.5) is 5.13 Å². The van der Waals surface area contributed by atoms with Gasteiger partial charge in [0.25, 0.3) is 0 Å². The zero-order chi connectivity index (χ0) is 9.26. The van der Waals surface area contributed by atoms with E-state index >= 15 is 0 Å². The van der Waals surface area contributed by atoms with Gasteiger partial charge < -0.3 is 5.73 Å². The van der Waals surface area contributed by atoms with E-state index < -0.39 is 0 Å². The van der Waals surface area contributed by atoms with E-state index in [9.17, 15) is 0 Å². The Bertz CT molecular complexity index is 420. The Morgan fingerprint density at radius 1 is 1.46 bits per heavy atom. The molecule has 2 N–H and O–H groups in total. The quantitative estimate of drug-likeness (QED) is 0.794. The molecule has 1 aromatic carbocycles. The second-order valence-corrected chi connectivity index (χ2v) is 4.10. The first-order valence-electron chi connectivity index (χ1n) is 4.45. The number of aromatic nitrogens is 1. The molecule has 0 spiro atoms. The van der Waals surface area contributed by atoms with Gasteiger partial charge in [-0.15, -0.1) is 0 Å². The number of anilines is 1. The molecule has 0 radical (unpaired) electrons. The molecule has 0 saturated carbocycles. The van der Waals surface area contributed by atoms with Crippen molar-refractivity contribution in [1.82, 2.24) is 4.98 Å². The minimum Gasteiger partial charge on any atom is -0.375 e. The Kier molecular flexibility index (Phi) is 2.19. The third-order valence-corrected chi connectivity index (χ3v) is 3.01. The molecular formula is C10H12N2S. The predicted molar refractivity (Wildman–Crippen MR) is 58.0 cm³/mol. The summed E-state index contributed by atoms with van der Waals surface area (Å²) in [6, 6.07) is 6.22. The summed E-state index contributed by atoms with van der Waals surface area (Å²) in [4.78, 5) is 4.25. The van der Waals surface area contributed by atoms with E-state index in [0.717, 1.165) is 18.4 Å². The van der Waals surface area contributed by atoms with Crippen molar-refractivity contribution >= 4 is 26.7 Å². The highest BCUT2D eigenvalue weighted by Gasteiger charge is 2.04. The van der Waals surface area contributed by atoms with Gasteiger partial charge in [0.2, 0.25) is 0 Å². The van der Waals surface area contributed by atoms with Crippen molar-refractivity contribution in [3.63, 3.8) is 0 Å². The van der Waals surface area contributed by atoms with Gasteiger partial charge in [-0.3, -0.25) is 0 Å². The van der Waals surface area contributed by atoms with Crippen LogP contribution >= 0.6 is 11.3 Å². The first-order chi connectivity index (χ1) is 6.31. The maximum atomic E-state index is 5.66. The molecule has 0 aliphatic heterocycles. The third kappa shape index (κ3) is 1.52.